The summed E-state index contributed by atoms with van der Waals surface area (Å²) in [5.41, 5.74) is 0. The first-order chi connectivity index (χ1) is 5.08. The van der Waals surface area contributed by atoms with Crippen molar-refractivity contribution in [3.05, 3.63) is 0 Å². The molecule has 0 unspecified atom stereocenters. The zero-order valence-corrected chi connectivity index (χ0v) is 9.63. The van der Waals surface area contributed by atoms with E-state index in [4.69, 9.17) is 10.2 Å². The van der Waals surface area contributed by atoms with E-state index in [0.717, 1.165) is 0 Å². The van der Waals surface area contributed by atoms with E-state index < -0.39 is 6.29 Å². The third kappa shape index (κ3) is 22.4. The van der Waals surface area contributed by atoms with Gasteiger partial charge in [0.05, 0.1) is 6.61 Å². The Morgan fingerprint density at radius 1 is 1.17 bits per heavy atom. The van der Waals surface area contributed by atoms with E-state index in [2.05, 4.69) is 9.47 Å². The summed E-state index contributed by atoms with van der Waals surface area (Å²) in [6.45, 7) is 3.35. The van der Waals surface area contributed by atoms with Crippen molar-refractivity contribution in [2.75, 3.05) is 20.8 Å². The van der Waals surface area contributed by atoms with Gasteiger partial charge in [0.1, 0.15) is 0 Å². The average molecular weight is 214 g/mol. The Hall–Kier alpha value is 0.554. The van der Waals surface area contributed by atoms with E-state index in [-0.39, 0.29) is 34.4 Å². The monoisotopic (exact) mass is 214 g/mol. The van der Waals surface area contributed by atoms with Crippen LogP contribution in [0.15, 0.2) is 0 Å². The summed E-state index contributed by atoms with van der Waals surface area (Å²) in [7, 11) is 2.95. The van der Waals surface area contributed by atoms with Crippen LogP contribution < -0.4 is 0 Å². The molecule has 0 spiro atoms. The smallest absolute Gasteiger partial charge is 0.179 e. The molecule has 74 valence electrons. The molecule has 0 aromatic heterocycles. The van der Waals surface area contributed by atoms with Gasteiger partial charge in [0.2, 0.25) is 0 Å². The molecule has 0 saturated carbocycles. The summed E-state index contributed by atoms with van der Waals surface area (Å²) >= 11 is 0. The van der Waals surface area contributed by atoms with Crippen molar-refractivity contribution in [1.82, 2.24) is 0 Å². The largest absolute Gasteiger partial charge is 0.394 e. The summed E-state index contributed by atoms with van der Waals surface area (Å²) in [4.78, 5) is 0. The average Bonchev–Trinajstić information content (AvgIpc) is 1.90. The van der Waals surface area contributed by atoms with Gasteiger partial charge in [0.25, 0.3) is 0 Å². The molecule has 0 rings (SSSR count). The summed E-state index contributed by atoms with van der Waals surface area (Å²) in [5, 5.41) is 16.3. The van der Waals surface area contributed by atoms with Crippen molar-refractivity contribution in [3.8, 4) is 0 Å². The number of aliphatic hydroxyl groups excluding tert-OH is 2. The van der Waals surface area contributed by atoms with Crippen molar-refractivity contribution >= 4 is 0 Å². The Morgan fingerprint density at radius 2 is 1.42 bits per heavy atom. The van der Waals surface area contributed by atoms with Gasteiger partial charge in [-0.05, 0) is 13.8 Å². The van der Waals surface area contributed by atoms with Crippen LogP contribution in [0.5, 0.6) is 0 Å². The van der Waals surface area contributed by atoms with Crippen LogP contribution in [0.25, 0.3) is 0 Å². The van der Waals surface area contributed by atoms with Crippen molar-refractivity contribution in [2.45, 2.75) is 26.2 Å². The van der Waals surface area contributed by atoms with E-state index >= 15 is 0 Å². The fraction of sp³-hybridized carbons (Fsp3) is 1.00. The van der Waals surface area contributed by atoms with Crippen LogP contribution in [0.2, 0.25) is 0 Å². The second kappa shape index (κ2) is 14.1. The molecule has 4 nitrogen and oxygen atoms in total. The molecule has 0 atom stereocenters. The Balaban J connectivity index is -0.000000142. The van der Waals surface area contributed by atoms with Gasteiger partial charge in [-0.3, -0.25) is 0 Å². The summed E-state index contributed by atoms with van der Waals surface area (Å²) in [5.74, 6) is 0. The fourth-order valence-electron chi connectivity index (χ4n) is 0.245. The van der Waals surface area contributed by atoms with E-state index in [0.29, 0.717) is 0 Å². The Kier molecular flexibility index (Phi) is 21.6. The van der Waals surface area contributed by atoms with Gasteiger partial charge in [0.15, 0.2) is 6.29 Å². The molecule has 0 fully saturated rings. The minimum atomic E-state index is -0.458. The molecular weight excluding hydrogens is 196 g/mol. The third-order valence-electron chi connectivity index (χ3n) is 0.675. The molecular formula is C7H18O4Ti. The maximum atomic E-state index is 8.28. The van der Waals surface area contributed by atoms with Crippen molar-refractivity contribution in [3.63, 3.8) is 0 Å². The Labute approximate surface area is 88.8 Å². The molecule has 0 amide bonds. The second-order valence-electron chi connectivity index (χ2n) is 2.18. The molecule has 5 heteroatoms. The van der Waals surface area contributed by atoms with Gasteiger partial charge < -0.3 is 19.7 Å². The number of hydrogen-bond acceptors (Lipinski definition) is 4. The van der Waals surface area contributed by atoms with Crippen LogP contribution in [0.4, 0.5) is 0 Å². The van der Waals surface area contributed by atoms with Crippen molar-refractivity contribution in [1.29, 1.82) is 0 Å². The molecule has 2 N–H and O–H groups in total. The van der Waals surface area contributed by atoms with E-state index in [1.54, 1.807) is 13.8 Å². The van der Waals surface area contributed by atoms with Crippen molar-refractivity contribution < 1.29 is 41.4 Å². The molecule has 0 heterocycles. The second-order valence-corrected chi connectivity index (χ2v) is 2.18. The molecule has 12 heavy (non-hydrogen) atoms. The zero-order valence-electron chi connectivity index (χ0n) is 8.07. The van der Waals surface area contributed by atoms with Crippen LogP contribution in [-0.2, 0) is 31.2 Å². The maximum Gasteiger partial charge on any atom is 0.179 e. The molecule has 0 aromatic carbocycles. The topological polar surface area (TPSA) is 58.9 Å². The molecule has 0 aromatic rings. The van der Waals surface area contributed by atoms with E-state index in [9.17, 15) is 0 Å². The van der Waals surface area contributed by atoms with E-state index in [1.807, 2.05) is 0 Å². The van der Waals surface area contributed by atoms with Gasteiger partial charge in [-0.1, -0.05) is 0 Å². The molecule has 0 aliphatic rings. The summed E-state index contributed by atoms with van der Waals surface area (Å²) in [6.07, 6.45) is -0.625. The first kappa shape index (κ1) is 18.4. The summed E-state index contributed by atoms with van der Waals surface area (Å²) in [6, 6.07) is 0. The number of hydrogen-bond donors (Lipinski definition) is 2. The molecule has 0 radical (unpaired) electrons. The number of rotatable bonds is 3. The fourth-order valence-corrected chi connectivity index (χ4v) is 0.245. The maximum absolute atomic E-state index is 8.28. The van der Waals surface area contributed by atoms with Crippen LogP contribution in [-0.4, -0.2) is 43.4 Å². The van der Waals surface area contributed by atoms with Gasteiger partial charge in [-0.15, -0.1) is 0 Å². The minimum absolute atomic E-state index is 0. The van der Waals surface area contributed by atoms with Crippen LogP contribution in [0, 0.1) is 0 Å². The van der Waals surface area contributed by atoms with Gasteiger partial charge in [-0.2, -0.15) is 0 Å². The van der Waals surface area contributed by atoms with Crippen LogP contribution in [0.3, 0.4) is 0 Å². The van der Waals surface area contributed by atoms with E-state index in [1.165, 1.54) is 14.2 Å². The standard InChI is InChI=1S/C4H10O3.C3H8O.Ti/c1-6-4(3-5)7-2;1-3(2)4;/h4-5H,3H2,1-2H3;3-4H,1-2H3;. The Bertz CT molecular complexity index is 58.2. The minimum Gasteiger partial charge on any atom is -0.394 e. The number of aliphatic hydroxyl groups is 2. The zero-order chi connectivity index (χ0) is 9.28. The van der Waals surface area contributed by atoms with Crippen molar-refractivity contribution in [2.24, 2.45) is 0 Å². The predicted octanol–water partition coefficient (Wildman–Crippen LogP) is -0.0178. The van der Waals surface area contributed by atoms with Gasteiger partial charge in [0, 0.05) is 42.0 Å². The normalized spacial score (nSPS) is 9.00. The number of ether oxygens (including phenoxy) is 2. The predicted molar refractivity (Wildman–Crippen MR) is 42.2 cm³/mol. The first-order valence-electron chi connectivity index (χ1n) is 3.43. The van der Waals surface area contributed by atoms with Crippen LogP contribution in [0.1, 0.15) is 13.8 Å². The molecule has 0 aliphatic heterocycles. The van der Waals surface area contributed by atoms with Crippen LogP contribution >= 0.6 is 0 Å². The first-order valence-corrected chi connectivity index (χ1v) is 3.43. The van der Waals surface area contributed by atoms with Gasteiger partial charge in [-0.25, -0.2) is 0 Å². The third-order valence-corrected chi connectivity index (χ3v) is 0.675. The molecule has 0 bridgehead atoms. The Morgan fingerprint density at radius 3 is 1.42 bits per heavy atom. The molecule has 0 aliphatic carbocycles. The molecule has 0 saturated heterocycles. The quantitative estimate of drug-likeness (QED) is 0.512. The summed E-state index contributed by atoms with van der Waals surface area (Å²) < 4.78 is 9.15. The number of methoxy groups -OCH3 is 2. The SMILES string of the molecule is CC(C)O.COC(CO)OC.[Ti]. The van der Waals surface area contributed by atoms with Gasteiger partial charge >= 0.3 is 0 Å².